The Morgan fingerprint density at radius 2 is 2.04 bits per heavy atom. The van der Waals surface area contributed by atoms with Gasteiger partial charge in [0.05, 0.1) is 11.5 Å². The molecule has 2 N–H and O–H groups in total. The Labute approximate surface area is 147 Å². The Morgan fingerprint density at radius 3 is 2.73 bits per heavy atom. The molecule has 0 spiro atoms. The van der Waals surface area contributed by atoms with Crippen molar-refractivity contribution in [2.24, 2.45) is 0 Å². The molecule has 0 aliphatic heterocycles. The van der Waals surface area contributed by atoms with E-state index in [1.54, 1.807) is 24.5 Å². The number of nitro groups is 1. The molecule has 0 saturated heterocycles. The third kappa shape index (κ3) is 3.64. The minimum absolute atomic E-state index is 0.0955. The van der Waals surface area contributed by atoms with Gasteiger partial charge in [0.15, 0.2) is 0 Å². The van der Waals surface area contributed by atoms with Crippen LogP contribution in [0.3, 0.4) is 0 Å². The number of nitrogens with one attached hydrogen (secondary N) is 2. The maximum atomic E-state index is 11.6. The van der Waals surface area contributed by atoms with Crippen molar-refractivity contribution in [1.29, 1.82) is 0 Å². The smallest absolute Gasteiger partial charge is 0.293 e. The number of hydrogen-bond donors (Lipinski definition) is 2. The third-order valence-corrected chi connectivity index (χ3v) is 3.52. The Bertz CT molecular complexity index is 941. The quantitative estimate of drug-likeness (QED) is 0.507. The van der Waals surface area contributed by atoms with Crippen LogP contribution in [0.25, 0.3) is 11.4 Å². The summed E-state index contributed by atoms with van der Waals surface area (Å²) in [5.74, 6) is 0.258. The zero-order valence-electron chi connectivity index (χ0n) is 13.7. The number of rotatable bonds is 6. The molecule has 26 heavy (non-hydrogen) atoms. The highest BCUT2D eigenvalue weighted by Crippen LogP contribution is 2.26. The molecular formula is C16H14N6O4. The van der Waals surface area contributed by atoms with Gasteiger partial charge in [-0.15, -0.1) is 0 Å². The normalized spacial score (nSPS) is 10.3. The molecule has 1 aromatic carbocycles. The van der Waals surface area contributed by atoms with Gasteiger partial charge in [0.2, 0.25) is 11.7 Å². The molecule has 10 nitrogen and oxygen atoms in total. The maximum absolute atomic E-state index is 11.6. The van der Waals surface area contributed by atoms with Gasteiger partial charge in [-0.25, -0.2) is 0 Å². The summed E-state index contributed by atoms with van der Waals surface area (Å²) in [6.07, 6.45) is 3.22. The molecule has 2 aromatic heterocycles. The average molecular weight is 354 g/mol. The van der Waals surface area contributed by atoms with Crippen LogP contribution >= 0.6 is 0 Å². The Kier molecular flexibility index (Phi) is 4.83. The second-order valence-corrected chi connectivity index (χ2v) is 5.17. The van der Waals surface area contributed by atoms with Crippen LogP contribution in [-0.4, -0.2) is 33.0 Å². The van der Waals surface area contributed by atoms with Crippen LogP contribution in [0, 0.1) is 10.1 Å². The fourth-order valence-corrected chi connectivity index (χ4v) is 2.23. The maximum Gasteiger partial charge on any atom is 0.293 e. The highest BCUT2D eigenvalue weighted by Gasteiger charge is 2.18. The van der Waals surface area contributed by atoms with Gasteiger partial charge in [-0.2, -0.15) is 4.98 Å². The SMILES string of the molecule is CNC(=O)c1ccc(NCc2nc(-c3ccncc3)no2)c([N+](=O)[O-])c1. The molecule has 10 heteroatoms. The summed E-state index contributed by atoms with van der Waals surface area (Å²) in [4.78, 5) is 30.5. The van der Waals surface area contributed by atoms with Gasteiger partial charge in [0.1, 0.15) is 5.69 Å². The van der Waals surface area contributed by atoms with Gasteiger partial charge >= 0.3 is 0 Å². The Balaban J connectivity index is 1.76. The van der Waals surface area contributed by atoms with Crippen LogP contribution in [0.1, 0.15) is 16.2 Å². The molecule has 0 atom stereocenters. The summed E-state index contributed by atoms with van der Waals surface area (Å²) < 4.78 is 5.14. The molecule has 0 aliphatic carbocycles. The number of pyridine rings is 1. The number of nitrogens with zero attached hydrogens (tertiary/aromatic N) is 4. The van der Waals surface area contributed by atoms with Crippen molar-refractivity contribution < 1.29 is 14.2 Å². The van der Waals surface area contributed by atoms with E-state index in [0.29, 0.717) is 5.82 Å². The first-order valence-electron chi connectivity index (χ1n) is 7.56. The van der Waals surface area contributed by atoms with E-state index >= 15 is 0 Å². The number of hydrogen-bond acceptors (Lipinski definition) is 8. The summed E-state index contributed by atoms with van der Waals surface area (Å²) in [5.41, 5.74) is 0.963. The van der Waals surface area contributed by atoms with E-state index in [2.05, 4.69) is 25.8 Å². The van der Waals surface area contributed by atoms with Crippen molar-refractivity contribution in [1.82, 2.24) is 20.4 Å². The van der Waals surface area contributed by atoms with Crippen molar-refractivity contribution in [2.75, 3.05) is 12.4 Å². The minimum Gasteiger partial charge on any atom is -0.371 e. The van der Waals surface area contributed by atoms with Crippen LogP contribution in [-0.2, 0) is 6.54 Å². The topological polar surface area (TPSA) is 136 Å². The van der Waals surface area contributed by atoms with Crippen LogP contribution in [0.2, 0.25) is 0 Å². The summed E-state index contributed by atoms with van der Waals surface area (Å²) in [6.45, 7) is 0.0955. The fourth-order valence-electron chi connectivity index (χ4n) is 2.23. The van der Waals surface area contributed by atoms with E-state index in [9.17, 15) is 14.9 Å². The van der Waals surface area contributed by atoms with Crippen molar-refractivity contribution in [3.63, 3.8) is 0 Å². The molecule has 0 radical (unpaired) electrons. The Hall–Kier alpha value is -3.82. The van der Waals surface area contributed by atoms with Crippen molar-refractivity contribution in [2.45, 2.75) is 6.54 Å². The largest absolute Gasteiger partial charge is 0.371 e. The van der Waals surface area contributed by atoms with E-state index in [4.69, 9.17) is 4.52 Å². The molecule has 132 valence electrons. The molecule has 0 saturated carbocycles. The Morgan fingerprint density at radius 1 is 1.27 bits per heavy atom. The number of anilines is 1. The lowest BCUT2D eigenvalue weighted by molar-refractivity contribution is -0.384. The molecule has 0 unspecified atom stereocenters. The van der Waals surface area contributed by atoms with E-state index in [0.717, 1.165) is 5.56 Å². The fraction of sp³-hybridized carbons (Fsp3) is 0.125. The van der Waals surface area contributed by atoms with Gasteiger partial charge < -0.3 is 15.2 Å². The van der Waals surface area contributed by atoms with Gasteiger partial charge in [-0.3, -0.25) is 19.9 Å². The summed E-state index contributed by atoms with van der Waals surface area (Å²) >= 11 is 0. The van der Waals surface area contributed by atoms with Crippen LogP contribution < -0.4 is 10.6 Å². The lowest BCUT2D eigenvalue weighted by Gasteiger charge is -2.06. The van der Waals surface area contributed by atoms with Crippen molar-refractivity contribution in [3.05, 3.63) is 64.3 Å². The standard InChI is InChI=1S/C16H14N6O4/c1-17-16(23)11-2-3-12(13(8-11)22(24)25)19-9-14-20-15(21-26-14)10-4-6-18-7-5-10/h2-8,19H,9H2,1H3,(H,17,23). The minimum atomic E-state index is -0.564. The van der Waals surface area contributed by atoms with Crippen molar-refractivity contribution in [3.8, 4) is 11.4 Å². The first-order chi connectivity index (χ1) is 12.6. The molecule has 0 fully saturated rings. The predicted molar refractivity (Wildman–Crippen MR) is 91.3 cm³/mol. The highest BCUT2D eigenvalue weighted by atomic mass is 16.6. The lowest BCUT2D eigenvalue weighted by atomic mass is 10.1. The average Bonchev–Trinajstić information content (AvgIpc) is 3.15. The van der Waals surface area contributed by atoms with Gasteiger partial charge in [-0.05, 0) is 24.3 Å². The highest BCUT2D eigenvalue weighted by molar-refractivity contribution is 5.95. The summed E-state index contributed by atoms with van der Waals surface area (Å²) in [6, 6.07) is 7.64. The number of benzene rings is 1. The number of nitro benzene ring substituents is 1. The van der Waals surface area contributed by atoms with E-state index in [1.165, 1.54) is 25.2 Å². The molecular weight excluding hydrogens is 340 g/mol. The molecule has 2 heterocycles. The summed E-state index contributed by atoms with van der Waals surface area (Å²) in [7, 11) is 1.45. The lowest BCUT2D eigenvalue weighted by Crippen LogP contribution is -2.18. The van der Waals surface area contributed by atoms with E-state index < -0.39 is 10.8 Å². The van der Waals surface area contributed by atoms with E-state index in [-0.39, 0.29) is 29.4 Å². The molecule has 0 aliphatic rings. The van der Waals surface area contributed by atoms with Crippen LogP contribution in [0.15, 0.2) is 47.2 Å². The number of aromatic nitrogens is 3. The molecule has 0 bridgehead atoms. The predicted octanol–water partition coefficient (Wildman–Crippen LogP) is 2.01. The zero-order valence-corrected chi connectivity index (χ0v) is 13.7. The number of amides is 1. The second kappa shape index (κ2) is 7.38. The molecule has 3 aromatic rings. The first-order valence-corrected chi connectivity index (χ1v) is 7.56. The van der Waals surface area contributed by atoms with Crippen LogP contribution in [0.5, 0.6) is 0 Å². The number of carbonyl (C=O) groups excluding carboxylic acids is 1. The first kappa shape index (κ1) is 17.0. The van der Waals surface area contributed by atoms with Crippen molar-refractivity contribution >= 4 is 17.3 Å². The van der Waals surface area contributed by atoms with Gasteiger partial charge in [-0.1, -0.05) is 5.16 Å². The van der Waals surface area contributed by atoms with E-state index in [1.807, 2.05) is 0 Å². The number of carbonyl (C=O) groups is 1. The third-order valence-electron chi connectivity index (χ3n) is 3.52. The molecule has 3 rings (SSSR count). The monoisotopic (exact) mass is 354 g/mol. The zero-order chi connectivity index (χ0) is 18.5. The molecule has 1 amide bonds. The summed E-state index contributed by atoms with van der Waals surface area (Å²) in [5, 5.41) is 20.4. The van der Waals surface area contributed by atoms with Gasteiger partial charge in [0, 0.05) is 36.6 Å². The van der Waals surface area contributed by atoms with Gasteiger partial charge in [0.25, 0.3) is 11.6 Å². The van der Waals surface area contributed by atoms with Crippen LogP contribution in [0.4, 0.5) is 11.4 Å². The second-order valence-electron chi connectivity index (χ2n) is 5.17.